The normalized spacial score (nSPS) is 18.9. The molecule has 7 heteroatoms. The number of fused-ring (bicyclic) bond motifs is 1. The van der Waals surface area contributed by atoms with Gasteiger partial charge in [-0.25, -0.2) is 4.98 Å². The third-order valence-electron chi connectivity index (χ3n) is 5.38. The Bertz CT molecular complexity index is 780. The number of thiazole rings is 1. The fourth-order valence-electron chi connectivity index (χ4n) is 3.84. The van der Waals surface area contributed by atoms with Gasteiger partial charge in [-0.3, -0.25) is 4.79 Å². The van der Waals surface area contributed by atoms with E-state index in [0.717, 1.165) is 55.4 Å². The maximum atomic E-state index is 12.5. The van der Waals surface area contributed by atoms with E-state index in [2.05, 4.69) is 11.0 Å². The lowest BCUT2D eigenvalue weighted by atomic mass is 9.93. The Hall–Kier alpha value is -1.86. The number of ether oxygens (including phenoxy) is 2. The van der Waals surface area contributed by atoms with Crippen molar-refractivity contribution in [1.82, 2.24) is 9.88 Å². The molecule has 0 unspecified atom stereocenters. The van der Waals surface area contributed by atoms with Gasteiger partial charge in [0, 0.05) is 32.6 Å². The largest absolute Gasteiger partial charge is 0.492 e. The number of carbonyl (C=O) groups is 1. The first-order valence-electron chi connectivity index (χ1n) is 9.87. The number of aromatic nitrogens is 1. The van der Waals surface area contributed by atoms with Crippen molar-refractivity contribution in [2.75, 3.05) is 50.9 Å². The van der Waals surface area contributed by atoms with E-state index in [-0.39, 0.29) is 5.91 Å². The summed E-state index contributed by atoms with van der Waals surface area (Å²) >= 11 is 1.73. The molecule has 0 atom stereocenters. The molecule has 2 aliphatic heterocycles. The van der Waals surface area contributed by atoms with Crippen molar-refractivity contribution < 1.29 is 14.3 Å². The Morgan fingerprint density at radius 2 is 2.04 bits per heavy atom. The summed E-state index contributed by atoms with van der Waals surface area (Å²) in [5.74, 6) is 1.63. The van der Waals surface area contributed by atoms with Crippen LogP contribution in [0.1, 0.15) is 26.2 Å². The van der Waals surface area contributed by atoms with Gasteiger partial charge < -0.3 is 19.3 Å². The highest BCUT2D eigenvalue weighted by Crippen LogP contribution is 2.36. The Kier molecular flexibility index (Phi) is 5.78. The molecular weight excluding hydrogens is 362 g/mol. The summed E-state index contributed by atoms with van der Waals surface area (Å²) in [5, 5.41) is 1.06. The number of rotatable bonds is 5. The molecule has 146 valence electrons. The standard InChI is InChI=1S/C20H27N3O3S/c1-2-26-16-4-3-5-17-19(16)21-20(27-17)23-8-6-15(7-9-23)14-18(24)22-10-12-25-13-11-22/h3-5,15H,2,6-14H2,1H3. The molecule has 0 N–H and O–H groups in total. The summed E-state index contributed by atoms with van der Waals surface area (Å²) < 4.78 is 12.2. The highest BCUT2D eigenvalue weighted by molar-refractivity contribution is 7.22. The van der Waals surface area contributed by atoms with E-state index < -0.39 is 0 Å². The molecule has 2 aliphatic rings. The minimum absolute atomic E-state index is 0.290. The molecular formula is C20H27N3O3S. The van der Waals surface area contributed by atoms with E-state index in [9.17, 15) is 4.79 Å². The summed E-state index contributed by atoms with van der Waals surface area (Å²) in [4.78, 5) is 21.6. The molecule has 2 saturated heterocycles. The fourth-order valence-corrected chi connectivity index (χ4v) is 4.87. The highest BCUT2D eigenvalue weighted by Gasteiger charge is 2.26. The summed E-state index contributed by atoms with van der Waals surface area (Å²) in [6, 6.07) is 6.12. The third-order valence-corrected chi connectivity index (χ3v) is 6.46. The number of morpholine rings is 1. The fraction of sp³-hybridized carbons (Fsp3) is 0.600. The molecule has 27 heavy (non-hydrogen) atoms. The van der Waals surface area contributed by atoms with Crippen molar-refractivity contribution >= 4 is 32.6 Å². The SMILES string of the molecule is CCOc1cccc2sc(N3CCC(CC(=O)N4CCOCC4)CC3)nc12. The number of amides is 1. The first-order chi connectivity index (χ1) is 13.2. The number of hydrogen-bond acceptors (Lipinski definition) is 6. The van der Waals surface area contributed by atoms with E-state index in [4.69, 9.17) is 14.5 Å². The van der Waals surface area contributed by atoms with Crippen LogP contribution in [0.25, 0.3) is 10.2 Å². The van der Waals surface area contributed by atoms with Crippen LogP contribution in [-0.4, -0.2) is 61.8 Å². The number of para-hydroxylation sites is 1. The van der Waals surface area contributed by atoms with Crippen LogP contribution in [0.3, 0.4) is 0 Å². The zero-order valence-electron chi connectivity index (χ0n) is 15.9. The highest BCUT2D eigenvalue weighted by atomic mass is 32.1. The van der Waals surface area contributed by atoms with Gasteiger partial charge >= 0.3 is 0 Å². The molecule has 1 aromatic carbocycles. The molecule has 2 fully saturated rings. The maximum absolute atomic E-state index is 12.5. The van der Waals surface area contributed by atoms with Gasteiger partial charge in [0.05, 0.1) is 24.5 Å². The zero-order valence-corrected chi connectivity index (χ0v) is 16.7. The Morgan fingerprint density at radius 1 is 1.26 bits per heavy atom. The van der Waals surface area contributed by atoms with Gasteiger partial charge in [0.2, 0.25) is 5.91 Å². The molecule has 0 radical (unpaired) electrons. The van der Waals surface area contributed by atoms with Crippen molar-refractivity contribution in [1.29, 1.82) is 0 Å². The van der Waals surface area contributed by atoms with Crippen LogP contribution in [0.15, 0.2) is 18.2 Å². The van der Waals surface area contributed by atoms with Gasteiger partial charge in [0.1, 0.15) is 11.3 Å². The van der Waals surface area contributed by atoms with Gasteiger partial charge in [0.15, 0.2) is 5.13 Å². The van der Waals surface area contributed by atoms with E-state index in [0.29, 0.717) is 32.2 Å². The molecule has 1 amide bonds. The van der Waals surface area contributed by atoms with E-state index >= 15 is 0 Å². The number of hydrogen-bond donors (Lipinski definition) is 0. The average molecular weight is 390 g/mol. The second-order valence-electron chi connectivity index (χ2n) is 7.16. The first kappa shape index (κ1) is 18.5. The van der Waals surface area contributed by atoms with Crippen LogP contribution in [-0.2, 0) is 9.53 Å². The lowest BCUT2D eigenvalue weighted by Crippen LogP contribution is -2.42. The minimum atomic E-state index is 0.290. The lowest BCUT2D eigenvalue weighted by Gasteiger charge is -2.33. The van der Waals surface area contributed by atoms with Crippen LogP contribution in [0, 0.1) is 5.92 Å². The first-order valence-corrected chi connectivity index (χ1v) is 10.7. The van der Waals surface area contributed by atoms with Crippen molar-refractivity contribution in [3.05, 3.63) is 18.2 Å². The topological polar surface area (TPSA) is 54.9 Å². The van der Waals surface area contributed by atoms with Gasteiger partial charge in [0.25, 0.3) is 0 Å². The van der Waals surface area contributed by atoms with Crippen molar-refractivity contribution in [2.24, 2.45) is 5.92 Å². The Morgan fingerprint density at radius 3 is 2.78 bits per heavy atom. The molecule has 3 heterocycles. The number of nitrogens with zero attached hydrogens (tertiary/aromatic N) is 3. The quantitative estimate of drug-likeness (QED) is 0.786. The zero-order chi connectivity index (χ0) is 18.6. The second-order valence-corrected chi connectivity index (χ2v) is 8.17. The van der Waals surface area contributed by atoms with Gasteiger partial charge in [-0.2, -0.15) is 0 Å². The van der Waals surface area contributed by atoms with Crippen LogP contribution in [0.2, 0.25) is 0 Å². The molecule has 1 aromatic heterocycles. The van der Waals surface area contributed by atoms with Crippen LogP contribution in [0.5, 0.6) is 5.75 Å². The van der Waals surface area contributed by atoms with E-state index in [1.165, 1.54) is 4.70 Å². The Labute approximate surface area is 164 Å². The van der Waals surface area contributed by atoms with Crippen LogP contribution >= 0.6 is 11.3 Å². The number of piperidine rings is 1. The Balaban J connectivity index is 1.35. The summed E-state index contributed by atoms with van der Waals surface area (Å²) in [6.45, 7) is 7.40. The summed E-state index contributed by atoms with van der Waals surface area (Å²) in [5.41, 5.74) is 0.962. The summed E-state index contributed by atoms with van der Waals surface area (Å²) in [6.07, 6.45) is 2.76. The smallest absolute Gasteiger partial charge is 0.223 e. The number of carbonyl (C=O) groups excluding carboxylic acids is 1. The molecule has 0 bridgehead atoms. The number of benzene rings is 1. The van der Waals surface area contributed by atoms with Crippen LogP contribution in [0.4, 0.5) is 5.13 Å². The minimum Gasteiger partial charge on any atom is -0.492 e. The predicted molar refractivity (Wildman–Crippen MR) is 108 cm³/mol. The van der Waals surface area contributed by atoms with Crippen molar-refractivity contribution in [3.63, 3.8) is 0 Å². The van der Waals surface area contributed by atoms with Crippen molar-refractivity contribution in [3.8, 4) is 5.75 Å². The second kappa shape index (κ2) is 8.44. The molecule has 0 spiro atoms. The van der Waals surface area contributed by atoms with Crippen LogP contribution < -0.4 is 9.64 Å². The third kappa shape index (κ3) is 4.19. The average Bonchev–Trinajstić information content (AvgIpc) is 3.15. The molecule has 6 nitrogen and oxygen atoms in total. The van der Waals surface area contributed by atoms with Gasteiger partial charge in [-0.1, -0.05) is 17.4 Å². The molecule has 0 aliphatic carbocycles. The van der Waals surface area contributed by atoms with Gasteiger partial charge in [-0.05, 0) is 37.8 Å². The number of anilines is 1. The monoisotopic (exact) mass is 389 g/mol. The lowest BCUT2D eigenvalue weighted by molar-refractivity contribution is -0.136. The molecule has 4 rings (SSSR count). The van der Waals surface area contributed by atoms with Crippen molar-refractivity contribution in [2.45, 2.75) is 26.2 Å². The maximum Gasteiger partial charge on any atom is 0.223 e. The van der Waals surface area contributed by atoms with E-state index in [1.807, 2.05) is 24.0 Å². The van der Waals surface area contributed by atoms with E-state index in [1.54, 1.807) is 11.3 Å². The molecule has 0 saturated carbocycles. The summed E-state index contributed by atoms with van der Waals surface area (Å²) in [7, 11) is 0. The molecule has 2 aromatic rings. The predicted octanol–water partition coefficient (Wildman–Crippen LogP) is 3.16. The van der Waals surface area contributed by atoms with Gasteiger partial charge in [-0.15, -0.1) is 0 Å².